The van der Waals surface area contributed by atoms with E-state index in [0.29, 0.717) is 11.8 Å². The van der Waals surface area contributed by atoms with Gasteiger partial charge in [-0.05, 0) is 31.9 Å². The molecular formula is C22H25ClN4OS. The maximum atomic E-state index is 12.5. The lowest BCUT2D eigenvalue weighted by Crippen LogP contribution is -2.50. The maximum Gasteiger partial charge on any atom is 0.225 e. The van der Waals surface area contributed by atoms with Crippen LogP contribution in [0.1, 0.15) is 29.8 Å². The fourth-order valence-corrected chi connectivity index (χ4v) is 5.21. The van der Waals surface area contributed by atoms with Crippen LogP contribution in [-0.2, 0) is 11.3 Å². The number of carbonyl (C=O) groups excluding carboxylic acids is 1. The van der Waals surface area contributed by atoms with Crippen LogP contribution in [0.5, 0.6) is 0 Å². The number of imidazole rings is 1. The van der Waals surface area contributed by atoms with Gasteiger partial charge in [0.05, 0.1) is 11.4 Å². The molecule has 2 aliphatic rings. The molecule has 1 amide bonds. The Balaban J connectivity index is 1.36. The smallest absolute Gasteiger partial charge is 0.225 e. The van der Waals surface area contributed by atoms with Gasteiger partial charge in [0.25, 0.3) is 0 Å². The lowest BCUT2D eigenvalue weighted by molar-refractivity contribution is -0.140. The summed E-state index contributed by atoms with van der Waals surface area (Å²) in [6.07, 6.45) is 5.54. The van der Waals surface area contributed by atoms with E-state index >= 15 is 0 Å². The van der Waals surface area contributed by atoms with Crippen molar-refractivity contribution in [2.24, 2.45) is 5.92 Å². The number of benzene rings is 1. The second-order valence-electron chi connectivity index (χ2n) is 8.14. The van der Waals surface area contributed by atoms with E-state index < -0.39 is 0 Å². The van der Waals surface area contributed by atoms with Crippen LogP contribution < -0.4 is 0 Å². The molecule has 1 saturated heterocycles. The van der Waals surface area contributed by atoms with E-state index in [-0.39, 0.29) is 0 Å². The quantitative estimate of drug-likeness (QED) is 0.615. The predicted octanol–water partition coefficient (Wildman–Crippen LogP) is 4.47. The topological polar surface area (TPSA) is 40.9 Å². The molecule has 0 radical (unpaired) electrons. The van der Waals surface area contributed by atoms with Crippen LogP contribution >= 0.6 is 22.9 Å². The van der Waals surface area contributed by atoms with Crippen molar-refractivity contribution in [3.8, 4) is 11.3 Å². The van der Waals surface area contributed by atoms with Crippen molar-refractivity contribution < 1.29 is 4.79 Å². The van der Waals surface area contributed by atoms with E-state index in [1.807, 2.05) is 24.3 Å². The minimum atomic E-state index is 0.293. The highest BCUT2D eigenvalue weighted by Gasteiger charge is 2.31. The van der Waals surface area contributed by atoms with Gasteiger partial charge in [-0.2, -0.15) is 0 Å². The molecule has 29 heavy (non-hydrogen) atoms. The molecule has 1 saturated carbocycles. The van der Waals surface area contributed by atoms with Crippen LogP contribution in [0.2, 0.25) is 5.02 Å². The summed E-state index contributed by atoms with van der Waals surface area (Å²) < 4.78 is 2.23. The van der Waals surface area contributed by atoms with Crippen molar-refractivity contribution >= 4 is 33.8 Å². The molecule has 5 nitrogen and oxygen atoms in total. The minimum absolute atomic E-state index is 0.293. The summed E-state index contributed by atoms with van der Waals surface area (Å²) in [6, 6.07) is 7.93. The standard InChI is InChI=1S/C22H25ClN4OS/c1-15-13-27-19(20(24-22(27)29-15)16-5-7-18(23)8-6-16)14-25-9-11-26(12-10-25)21(28)17-3-2-4-17/h5-8,13,17H,2-4,9-12,14H2,1H3. The number of hydrogen-bond donors (Lipinski definition) is 0. The zero-order valence-corrected chi connectivity index (χ0v) is 18.2. The largest absolute Gasteiger partial charge is 0.340 e. The van der Waals surface area contributed by atoms with Gasteiger partial charge in [-0.3, -0.25) is 14.1 Å². The molecule has 0 bridgehead atoms. The summed E-state index contributed by atoms with van der Waals surface area (Å²) >= 11 is 7.80. The van der Waals surface area contributed by atoms with E-state index in [2.05, 4.69) is 27.3 Å². The summed E-state index contributed by atoms with van der Waals surface area (Å²) in [7, 11) is 0. The Labute approximate surface area is 179 Å². The Morgan fingerprint density at radius 1 is 1.17 bits per heavy atom. The number of rotatable bonds is 4. The second kappa shape index (κ2) is 7.74. The van der Waals surface area contributed by atoms with E-state index in [0.717, 1.165) is 66.8 Å². The lowest BCUT2D eigenvalue weighted by Gasteiger charge is -2.38. The van der Waals surface area contributed by atoms with Crippen LogP contribution in [0, 0.1) is 12.8 Å². The fraction of sp³-hybridized carbons (Fsp3) is 0.455. The van der Waals surface area contributed by atoms with Gasteiger partial charge in [-0.15, -0.1) is 11.3 Å². The Hall–Kier alpha value is -1.89. The first-order chi connectivity index (χ1) is 14.1. The number of aryl methyl sites for hydroxylation is 1. The third-order valence-electron chi connectivity index (χ3n) is 6.17. The zero-order valence-electron chi connectivity index (χ0n) is 16.6. The maximum absolute atomic E-state index is 12.5. The van der Waals surface area contributed by atoms with E-state index in [1.165, 1.54) is 17.0 Å². The normalized spacial score (nSPS) is 18.3. The van der Waals surface area contributed by atoms with Crippen molar-refractivity contribution in [3.63, 3.8) is 0 Å². The van der Waals surface area contributed by atoms with Crippen molar-refractivity contribution in [3.05, 3.63) is 46.1 Å². The summed E-state index contributed by atoms with van der Waals surface area (Å²) in [5.41, 5.74) is 3.34. The van der Waals surface area contributed by atoms with E-state index in [1.54, 1.807) is 11.3 Å². The van der Waals surface area contributed by atoms with Crippen LogP contribution in [0.25, 0.3) is 16.2 Å². The number of hydrogen-bond acceptors (Lipinski definition) is 4. The molecule has 1 aliphatic heterocycles. The van der Waals surface area contributed by atoms with Gasteiger partial charge in [0.2, 0.25) is 5.91 Å². The number of carbonyl (C=O) groups is 1. The molecule has 3 aromatic rings. The molecule has 0 spiro atoms. The first-order valence-corrected chi connectivity index (χ1v) is 11.5. The van der Waals surface area contributed by atoms with Crippen LogP contribution in [0.15, 0.2) is 30.5 Å². The first-order valence-electron chi connectivity index (χ1n) is 10.3. The monoisotopic (exact) mass is 428 g/mol. The van der Waals surface area contributed by atoms with Gasteiger partial charge < -0.3 is 4.90 Å². The molecule has 7 heteroatoms. The molecule has 0 atom stereocenters. The average Bonchev–Trinajstić information content (AvgIpc) is 3.19. The Bertz CT molecular complexity index is 1030. The molecule has 5 rings (SSSR count). The van der Waals surface area contributed by atoms with Crippen LogP contribution in [0.4, 0.5) is 0 Å². The summed E-state index contributed by atoms with van der Waals surface area (Å²) in [5.74, 6) is 0.666. The average molecular weight is 429 g/mol. The van der Waals surface area contributed by atoms with E-state index in [9.17, 15) is 4.79 Å². The third kappa shape index (κ3) is 3.69. The van der Waals surface area contributed by atoms with Crippen LogP contribution in [-0.4, -0.2) is 51.3 Å². The zero-order chi connectivity index (χ0) is 20.0. The van der Waals surface area contributed by atoms with E-state index in [4.69, 9.17) is 16.6 Å². The Morgan fingerprint density at radius 2 is 1.90 bits per heavy atom. The van der Waals surface area contributed by atoms with Crippen molar-refractivity contribution in [2.75, 3.05) is 26.2 Å². The lowest BCUT2D eigenvalue weighted by atomic mass is 9.84. The minimum Gasteiger partial charge on any atom is -0.340 e. The summed E-state index contributed by atoms with van der Waals surface area (Å²) in [5, 5.41) is 0.736. The van der Waals surface area contributed by atoms with Gasteiger partial charge in [-0.1, -0.05) is 30.2 Å². The highest BCUT2D eigenvalue weighted by molar-refractivity contribution is 7.17. The molecule has 1 aromatic carbocycles. The molecule has 2 fully saturated rings. The number of aromatic nitrogens is 2. The molecule has 1 aliphatic carbocycles. The summed E-state index contributed by atoms with van der Waals surface area (Å²) in [6.45, 7) is 6.44. The second-order valence-corrected chi connectivity index (χ2v) is 9.79. The number of nitrogens with zero attached hydrogens (tertiary/aromatic N) is 4. The van der Waals surface area contributed by atoms with Gasteiger partial charge in [0.15, 0.2) is 4.96 Å². The van der Waals surface area contributed by atoms with Gasteiger partial charge >= 0.3 is 0 Å². The number of fused-ring (bicyclic) bond motifs is 1. The predicted molar refractivity (Wildman–Crippen MR) is 117 cm³/mol. The van der Waals surface area contributed by atoms with Crippen molar-refractivity contribution in [1.29, 1.82) is 0 Å². The number of piperazine rings is 1. The third-order valence-corrected chi connectivity index (χ3v) is 7.32. The summed E-state index contributed by atoms with van der Waals surface area (Å²) in [4.78, 5) is 24.3. The molecule has 152 valence electrons. The molecule has 2 aromatic heterocycles. The molecule has 0 N–H and O–H groups in total. The first kappa shape index (κ1) is 19.1. The number of halogens is 1. The highest BCUT2D eigenvalue weighted by atomic mass is 35.5. The highest BCUT2D eigenvalue weighted by Crippen LogP contribution is 2.31. The molecule has 3 heterocycles. The van der Waals surface area contributed by atoms with Gasteiger partial charge in [0.1, 0.15) is 0 Å². The van der Waals surface area contributed by atoms with Gasteiger partial charge in [0, 0.05) is 60.3 Å². The number of amides is 1. The number of thiazole rings is 1. The fourth-order valence-electron chi connectivity index (χ4n) is 4.24. The Morgan fingerprint density at radius 3 is 2.55 bits per heavy atom. The van der Waals surface area contributed by atoms with Crippen molar-refractivity contribution in [2.45, 2.75) is 32.7 Å². The molecule has 0 unspecified atom stereocenters. The van der Waals surface area contributed by atoms with Crippen LogP contribution in [0.3, 0.4) is 0 Å². The Kier molecular flexibility index (Phi) is 5.10. The van der Waals surface area contributed by atoms with Gasteiger partial charge in [-0.25, -0.2) is 4.98 Å². The SMILES string of the molecule is Cc1cn2c(CN3CCN(C(=O)C4CCC4)CC3)c(-c3ccc(Cl)cc3)nc2s1. The van der Waals surface area contributed by atoms with Crippen molar-refractivity contribution in [1.82, 2.24) is 19.2 Å². The molecular weight excluding hydrogens is 404 g/mol.